The lowest BCUT2D eigenvalue weighted by Gasteiger charge is -2.08. The first-order valence-corrected chi connectivity index (χ1v) is 20.3. The molecule has 7 aromatic rings. The number of H-pyrrole nitrogens is 2. The molecule has 2 aliphatic heterocycles. The quantitative estimate of drug-likeness (QED) is 0.121. The Bertz CT molecular complexity index is 3150. The van der Waals surface area contributed by atoms with E-state index >= 15 is 0 Å². The van der Waals surface area contributed by atoms with Gasteiger partial charge >= 0.3 is 0 Å². The van der Waals surface area contributed by atoms with Crippen LogP contribution in [0.2, 0.25) is 0 Å². The highest BCUT2D eigenvalue weighted by atomic mass is 32.2. The van der Waals surface area contributed by atoms with E-state index in [1.807, 2.05) is 109 Å². The first kappa shape index (κ1) is 35.0. The molecule has 0 radical (unpaired) electrons. The van der Waals surface area contributed by atoms with Gasteiger partial charge < -0.3 is 9.97 Å². The van der Waals surface area contributed by atoms with Gasteiger partial charge in [-0.15, -0.1) is 0 Å². The minimum absolute atomic E-state index is 0.241. The Labute approximate surface area is 321 Å². The number of fused-ring (bicyclic) bond motifs is 8. The van der Waals surface area contributed by atoms with Crippen LogP contribution in [0.25, 0.3) is 90.9 Å². The molecule has 0 atom stereocenters. The molecule has 12 heteroatoms. The van der Waals surface area contributed by atoms with E-state index in [9.17, 15) is 25.9 Å². The maximum absolute atomic E-state index is 12.0. The van der Waals surface area contributed by atoms with Gasteiger partial charge in [0, 0.05) is 44.3 Å². The van der Waals surface area contributed by atoms with Crippen LogP contribution in [0.15, 0.2) is 143 Å². The third-order valence-corrected chi connectivity index (χ3v) is 11.5. The molecule has 0 unspecified atom stereocenters. The Morgan fingerprint density at radius 2 is 0.661 bits per heavy atom. The number of aromatic amines is 2. The lowest BCUT2D eigenvalue weighted by Crippen LogP contribution is -1.98. The number of aromatic nitrogens is 4. The van der Waals surface area contributed by atoms with Crippen LogP contribution < -0.4 is 0 Å². The second-order valence-electron chi connectivity index (χ2n) is 13.2. The molecule has 8 bridgehead atoms. The molecule has 3 aromatic heterocycles. The fraction of sp³-hybridized carbons (Fsp3) is 0. The summed E-state index contributed by atoms with van der Waals surface area (Å²) in [5, 5.41) is 0. The third kappa shape index (κ3) is 6.46. The Kier molecular flexibility index (Phi) is 8.48. The van der Waals surface area contributed by atoms with Gasteiger partial charge in [-0.25, -0.2) is 9.97 Å². The van der Waals surface area contributed by atoms with E-state index in [4.69, 9.17) is 9.97 Å². The van der Waals surface area contributed by atoms with Gasteiger partial charge in [-0.1, -0.05) is 84.9 Å². The van der Waals surface area contributed by atoms with Gasteiger partial charge in [-0.05, 0) is 95.1 Å². The molecule has 9 rings (SSSR count). The van der Waals surface area contributed by atoms with Crippen LogP contribution in [0.3, 0.4) is 0 Å². The van der Waals surface area contributed by atoms with Crippen molar-refractivity contribution in [2.24, 2.45) is 0 Å². The maximum Gasteiger partial charge on any atom is 0.294 e. The Hall–Kier alpha value is -6.70. The second kappa shape index (κ2) is 13.6. The molecule has 274 valence electrons. The number of hydrogen-bond acceptors (Lipinski definition) is 6. The van der Waals surface area contributed by atoms with Crippen LogP contribution in [-0.2, 0) is 20.2 Å². The van der Waals surface area contributed by atoms with Crippen LogP contribution in [0.4, 0.5) is 0 Å². The number of nitrogens with one attached hydrogen (secondary N) is 2. The van der Waals surface area contributed by atoms with Crippen LogP contribution in [0.5, 0.6) is 0 Å². The van der Waals surface area contributed by atoms with Crippen molar-refractivity contribution >= 4 is 66.6 Å². The monoisotopic (exact) mass is 774 g/mol. The van der Waals surface area contributed by atoms with Gasteiger partial charge in [0.2, 0.25) is 0 Å². The van der Waals surface area contributed by atoms with Crippen LogP contribution in [0, 0.1) is 0 Å². The molecule has 4 N–H and O–H groups in total. The van der Waals surface area contributed by atoms with Crippen molar-refractivity contribution in [3.05, 3.63) is 156 Å². The van der Waals surface area contributed by atoms with Gasteiger partial charge in [-0.2, -0.15) is 16.8 Å². The summed E-state index contributed by atoms with van der Waals surface area (Å²) >= 11 is 0. The number of benzene rings is 4. The summed E-state index contributed by atoms with van der Waals surface area (Å²) in [6.07, 6.45) is 7.55. The van der Waals surface area contributed by atoms with Gasteiger partial charge in [0.25, 0.3) is 20.2 Å². The topological polar surface area (TPSA) is 166 Å². The van der Waals surface area contributed by atoms with E-state index in [0.29, 0.717) is 50.5 Å². The predicted octanol–water partition coefficient (Wildman–Crippen LogP) is 9.82. The van der Waals surface area contributed by atoms with E-state index in [2.05, 4.69) is 9.97 Å². The summed E-state index contributed by atoms with van der Waals surface area (Å²) in [4.78, 5) is 17.2. The Balaban J connectivity index is 1.44. The lowest BCUT2D eigenvalue weighted by atomic mass is 10.0. The molecular weight excluding hydrogens is 745 g/mol. The van der Waals surface area contributed by atoms with Crippen molar-refractivity contribution in [3.8, 4) is 44.5 Å². The minimum atomic E-state index is -4.44. The largest absolute Gasteiger partial charge is 0.354 e. The summed E-state index contributed by atoms with van der Waals surface area (Å²) in [5.41, 5.74) is 11.8. The predicted molar refractivity (Wildman–Crippen MR) is 220 cm³/mol. The normalized spacial score (nSPS) is 12.6. The van der Waals surface area contributed by atoms with Gasteiger partial charge in [0.15, 0.2) is 0 Å². The maximum atomic E-state index is 12.0. The Morgan fingerprint density at radius 3 is 1.04 bits per heavy atom. The molecule has 0 aliphatic carbocycles. The van der Waals surface area contributed by atoms with Crippen molar-refractivity contribution in [2.75, 3.05) is 0 Å². The number of nitrogens with zero attached hydrogens (tertiary/aromatic N) is 2. The zero-order valence-corrected chi connectivity index (χ0v) is 30.9. The summed E-state index contributed by atoms with van der Waals surface area (Å²) in [5.74, 6) is 0. The van der Waals surface area contributed by atoms with E-state index in [1.54, 1.807) is 24.3 Å². The summed E-state index contributed by atoms with van der Waals surface area (Å²) in [7, 11) is -8.88. The van der Waals surface area contributed by atoms with Crippen molar-refractivity contribution in [1.82, 2.24) is 19.9 Å². The second-order valence-corrected chi connectivity index (χ2v) is 16.1. The fourth-order valence-corrected chi connectivity index (χ4v) is 8.18. The highest BCUT2D eigenvalue weighted by molar-refractivity contribution is 7.86. The van der Waals surface area contributed by atoms with E-state index in [-0.39, 0.29) is 9.79 Å². The molecule has 0 fully saturated rings. The summed E-state index contributed by atoms with van der Waals surface area (Å²) < 4.78 is 67.4. The number of rotatable bonds is 6. The molecule has 4 aromatic carbocycles. The van der Waals surface area contributed by atoms with Crippen LogP contribution >= 0.6 is 0 Å². The molecule has 0 saturated carbocycles. The molecule has 10 nitrogen and oxygen atoms in total. The van der Waals surface area contributed by atoms with Crippen molar-refractivity contribution in [2.45, 2.75) is 9.79 Å². The standard InChI is InChI=1S/C44H30N4O6S2/c49-55(50,51)31-15-11-29(12-16-31)43-37-23-21-35(46-37)41(27-7-3-1-4-8-27)33-19-20-34(45-33)42(28-9-5-2-6-10-28)36-22-24-38(47-36)44(40-26-25-39(43)48-40)30-13-17-32(18-14-30)56(52,53)54/h1-26,45-46H,(H,49,50,51)(H,52,53,54). The molecule has 0 amide bonds. The average molecular weight is 775 g/mol. The summed E-state index contributed by atoms with van der Waals surface area (Å²) in [6.45, 7) is 0. The van der Waals surface area contributed by atoms with Crippen molar-refractivity contribution < 1.29 is 25.9 Å². The zero-order chi connectivity index (χ0) is 38.6. The lowest BCUT2D eigenvalue weighted by molar-refractivity contribution is 0.481. The molecule has 2 aliphatic rings. The van der Waals surface area contributed by atoms with E-state index in [1.165, 1.54) is 24.3 Å². The highest BCUT2D eigenvalue weighted by Gasteiger charge is 2.21. The SMILES string of the molecule is O=S(=O)(O)c1ccc(-c2c3nc(c(-c4ccccc4)c4ccc([nH]4)c(-c4ccccc4)c4ccc([nH]4)c(-c4ccc(S(=O)(=O)O)cc4)c4nc2C=C4)C=C3)cc1. The van der Waals surface area contributed by atoms with E-state index in [0.717, 1.165) is 38.8 Å². The fourth-order valence-electron chi connectivity index (χ4n) is 7.22. The van der Waals surface area contributed by atoms with Gasteiger partial charge in [0.05, 0.1) is 32.6 Å². The first-order chi connectivity index (χ1) is 27.0. The number of hydrogen-bond donors (Lipinski definition) is 4. The summed E-state index contributed by atoms with van der Waals surface area (Å²) in [6, 6.07) is 39.8. The molecule has 56 heavy (non-hydrogen) atoms. The first-order valence-electron chi connectivity index (χ1n) is 17.4. The van der Waals surface area contributed by atoms with E-state index < -0.39 is 20.2 Å². The minimum Gasteiger partial charge on any atom is -0.354 e. The molecular formula is C44H30N4O6S2. The third-order valence-electron chi connectivity index (χ3n) is 9.76. The van der Waals surface area contributed by atoms with Gasteiger partial charge in [0.1, 0.15) is 0 Å². The molecule has 5 heterocycles. The smallest absolute Gasteiger partial charge is 0.294 e. The Morgan fingerprint density at radius 1 is 0.357 bits per heavy atom. The highest BCUT2D eigenvalue weighted by Crippen LogP contribution is 2.38. The van der Waals surface area contributed by atoms with Crippen molar-refractivity contribution in [1.29, 1.82) is 0 Å². The molecule has 0 saturated heterocycles. The van der Waals surface area contributed by atoms with Crippen molar-refractivity contribution in [3.63, 3.8) is 0 Å². The molecule has 0 spiro atoms. The van der Waals surface area contributed by atoms with Crippen LogP contribution in [-0.4, -0.2) is 45.9 Å². The van der Waals surface area contributed by atoms with Crippen LogP contribution in [0.1, 0.15) is 22.8 Å². The van der Waals surface area contributed by atoms with Gasteiger partial charge in [-0.3, -0.25) is 9.11 Å². The average Bonchev–Trinajstić information content (AvgIpc) is 4.03. The zero-order valence-electron chi connectivity index (χ0n) is 29.2.